The first kappa shape index (κ1) is 23.0. The number of halogens is 1. The van der Waals surface area contributed by atoms with E-state index in [0.717, 1.165) is 24.7 Å². The standard InChI is InChI=1S/C18H29N3O3S.HI/c1-4-19-17(21-12-14-25(22,23)18(2,3)15-21)20-11-8-13-24-16-9-6-5-7-10-16;/h5-7,9-10H,4,8,11-15H2,1-3H3,(H,19,20);1H. The molecule has 1 aromatic carbocycles. The normalized spacial score (nSPS) is 18.7. The summed E-state index contributed by atoms with van der Waals surface area (Å²) in [5.74, 6) is 1.81. The van der Waals surface area contributed by atoms with Crippen molar-refractivity contribution in [2.45, 2.75) is 31.9 Å². The number of ether oxygens (including phenoxy) is 1. The Hall–Kier alpha value is -1.03. The minimum Gasteiger partial charge on any atom is -0.494 e. The van der Waals surface area contributed by atoms with Crippen LogP contribution in [0.5, 0.6) is 5.75 Å². The van der Waals surface area contributed by atoms with Gasteiger partial charge in [0.2, 0.25) is 0 Å². The van der Waals surface area contributed by atoms with Crippen LogP contribution >= 0.6 is 24.0 Å². The molecule has 1 heterocycles. The van der Waals surface area contributed by atoms with E-state index in [2.05, 4.69) is 10.3 Å². The van der Waals surface area contributed by atoms with E-state index in [9.17, 15) is 8.42 Å². The minimum absolute atomic E-state index is 0. The van der Waals surface area contributed by atoms with E-state index >= 15 is 0 Å². The zero-order valence-electron chi connectivity index (χ0n) is 15.8. The number of nitrogens with zero attached hydrogens (tertiary/aromatic N) is 2. The minimum atomic E-state index is -3.05. The fourth-order valence-electron chi connectivity index (χ4n) is 2.71. The van der Waals surface area contributed by atoms with Gasteiger partial charge < -0.3 is 15.0 Å². The second-order valence-corrected chi connectivity index (χ2v) is 9.49. The largest absolute Gasteiger partial charge is 0.494 e. The molecule has 6 nitrogen and oxygen atoms in total. The van der Waals surface area contributed by atoms with Crippen LogP contribution in [0.1, 0.15) is 27.2 Å². The number of guanidine groups is 1. The van der Waals surface area contributed by atoms with Gasteiger partial charge in [-0.25, -0.2) is 8.42 Å². The fourth-order valence-corrected chi connectivity index (χ4v) is 4.07. The Morgan fingerprint density at radius 2 is 2.00 bits per heavy atom. The first-order valence-corrected chi connectivity index (χ1v) is 10.4. The maximum absolute atomic E-state index is 12.2. The fraction of sp³-hybridized carbons (Fsp3) is 0.611. The van der Waals surface area contributed by atoms with Crippen molar-refractivity contribution in [3.63, 3.8) is 0 Å². The zero-order chi connectivity index (χ0) is 18.3. The lowest BCUT2D eigenvalue weighted by atomic mass is 10.2. The highest BCUT2D eigenvalue weighted by atomic mass is 127. The number of hydrogen-bond donors (Lipinski definition) is 1. The second kappa shape index (κ2) is 10.3. The molecule has 0 saturated carbocycles. The van der Waals surface area contributed by atoms with E-state index in [0.29, 0.717) is 26.2 Å². The Balaban J connectivity index is 0.00000338. The summed E-state index contributed by atoms with van der Waals surface area (Å²) in [7, 11) is -3.05. The molecule has 8 heteroatoms. The first-order valence-electron chi connectivity index (χ1n) is 8.79. The molecule has 1 aromatic rings. The van der Waals surface area contributed by atoms with E-state index in [1.165, 1.54) is 0 Å². The van der Waals surface area contributed by atoms with Gasteiger partial charge >= 0.3 is 0 Å². The van der Waals surface area contributed by atoms with Crippen molar-refractivity contribution in [1.29, 1.82) is 0 Å². The van der Waals surface area contributed by atoms with E-state index < -0.39 is 14.6 Å². The molecule has 1 aliphatic rings. The lowest BCUT2D eigenvalue weighted by Gasteiger charge is -2.39. The van der Waals surface area contributed by atoms with Gasteiger partial charge in [0.1, 0.15) is 5.75 Å². The summed E-state index contributed by atoms with van der Waals surface area (Å²) in [5.41, 5.74) is 0. The third kappa shape index (κ3) is 6.29. The molecule has 1 saturated heterocycles. The quantitative estimate of drug-likeness (QED) is 0.284. The Kier molecular flexibility index (Phi) is 9.15. The van der Waals surface area contributed by atoms with Crippen LogP contribution in [0.4, 0.5) is 0 Å². The first-order chi connectivity index (χ1) is 11.9. The lowest BCUT2D eigenvalue weighted by Crippen LogP contribution is -2.57. The number of nitrogens with one attached hydrogen (secondary N) is 1. The molecule has 148 valence electrons. The van der Waals surface area contributed by atoms with Crippen LogP contribution in [0.15, 0.2) is 35.3 Å². The van der Waals surface area contributed by atoms with Crippen molar-refractivity contribution in [2.75, 3.05) is 38.5 Å². The summed E-state index contributed by atoms with van der Waals surface area (Å²) in [5, 5.41) is 3.27. The molecular formula is C18H30IN3O3S. The number of sulfone groups is 1. The molecule has 26 heavy (non-hydrogen) atoms. The maximum Gasteiger partial charge on any atom is 0.193 e. The molecule has 1 aliphatic heterocycles. The molecule has 1 N–H and O–H groups in total. The van der Waals surface area contributed by atoms with Gasteiger partial charge in [0, 0.05) is 32.6 Å². The summed E-state index contributed by atoms with van der Waals surface area (Å²) in [4.78, 5) is 6.68. The third-order valence-electron chi connectivity index (χ3n) is 4.25. The zero-order valence-corrected chi connectivity index (χ0v) is 18.9. The topological polar surface area (TPSA) is 71.0 Å². The highest BCUT2D eigenvalue weighted by Crippen LogP contribution is 2.23. The number of para-hydroxylation sites is 1. The van der Waals surface area contributed by atoms with Gasteiger partial charge in [0.25, 0.3) is 0 Å². The molecule has 0 radical (unpaired) electrons. The van der Waals surface area contributed by atoms with E-state index in [-0.39, 0.29) is 29.7 Å². The van der Waals surface area contributed by atoms with Crippen LogP contribution in [0.3, 0.4) is 0 Å². The lowest BCUT2D eigenvalue weighted by molar-refractivity contribution is 0.312. The molecule has 0 amide bonds. The van der Waals surface area contributed by atoms with Crippen molar-refractivity contribution in [3.05, 3.63) is 30.3 Å². The summed E-state index contributed by atoms with van der Waals surface area (Å²) in [6.45, 7) is 8.52. The van der Waals surface area contributed by atoms with Gasteiger partial charge in [0.05, 0.1) is 17.1 Å². The van der Waals surface area contributed by atoms with Crippen LogP contribution in [0, 0.1) is 0 Å². The Labute approximate surface area is 174 Å². The molecule has 0 atom stereocenters. The van der Waals surface area contributed by atoms with Crippen molar-refractivity contribution >= 4 is 39.8 Å². The molecule has 0 aliphatic carbocycles. The number of aliphatic imine (C=N–C) groups is 1. The van der Waals surface area contributed by atoms with Gasteiger partial charge in [0.15, 0.2) is 15.8 Å². The number of hydrogen-bond acceptors (Lipinski definition) is 4. The molecular weight excluding hydrogens is 465 g/mol. The molecule has 1 fully saturated rings. The maximum atomic E-state index is 12.2. The van der Waals surface area contributed by atoms with Crippen LogP contribution in [-0.2, 0) is 9.84 Å². The van der Waals surface area contributed by atoms with Crippen molar-refractivity contribution in [3.8, 4) is 5.75 Å². The van der Waals surface area contributed by atoms with Gasteiger partial charge in [-0.1, -0.05) is 18.2 Å². The van der Waals surface area contributed by atoms with E-state index in [4.69, 9.17) is 4.74 Å². The monoisotopic (exact) mass is 495 g/mol. The predicted molar refractivity (Wildman–Crippen MR) is 117 cm³/mol. The van der Waals surface area contributed by atoms with Crippen LogP contribution in [-0.4, -0.2) is 62.6 Å². The summed E-state index contributed by atoms with van der Waals surface area (Å²) in [6.07, 6.45) is 0.805. The third-order valence-corrected chi connectivity index (χ3v) is 6.79. The van der Waals surface area contributed by atoms with Gasteiger partial charge in [-0.05, 0) is 32.9 Å². The average molecular weight is 495 g/mol. The molecule has 2 rings (SSSR count). The SMILES string of the molecule is CCNC(=NCCCOc1ccccc1)N1CCS(=O)(=O)C(C)(C)C1.I. The van der Waals surface area contributed by atoms with Crippen LogP contribution in [0.2, 0.25) is 0 Å². The van der Waals surface area contributed by atoms with Crippen molar-refractivity contribution < 1.29 is 13.2 Å². The van der Waals surface area contributed by atoms with Gasteiger partial charge in [-0.15, -0.1) is 24.0 Å². The smallest absolute Gasteiger partial charge is 0.193 e. The Morgan fingerprint density at radius 3 is 2.62 bits per heavy atom. The summed E-state index contributed by atoms with van der Waals surface area (Å²) in [6, 6.07) is 9.72. The van der Waals surface area contributed by atoms with Crippen LogP contribution < -0.4 is 10.1 Å². The van der Waals surface area contributed by atoms with Gasteiger partial charge in [-0.3, -0.25) is 4.99 Å². The highest BCUT2D eigenvalue weighted by Gasteiger charge is 2.40. The summed E-state index contributed by atoms with van der Waals surface area (Å²) >= 11 is 0. The second-order valence-electron chi connectivity index (χ2n) is 6.75. The number of rotatable bonds is 6. The Morgan fingerprint density at radius 1 is 1.31 bits per heavy atom. The molecule has 0 bridgehead atoms. The number of benzene rings is 1. The molecule has 0 spiro atoms. The Bertz CT molecular complexity index is 678. The molecule has 0 unspecified atom stereocenters. The van der Waals surface area contributed by atoms with Crippen molar-refractivity contribution in [1.82, 2.24) is 10.2 Å². The predicted octanol–water partition coefficient (Wildman–Crippen LogP) is 2.55. The van der Waals surface area contributed by atoms with Gasteiger partial charge in [-0.2, -0.15) is 0 Å². The highest BCUT2D eigenvalue weighted by molar-refractivity contribution is 14.0. The van der Waals surface area contributed by atoms with E-state index in [1.54, 1.807) is 13.8 Å². The van der Waals surface area contributed by atoms with E-state index in [1.807, 2.05) is 42.2 Å². The van der Waals surface area contributed by atoms with Crippen molar-refractivity contribution in [2.24, 2.45) is 4.99 Å². The molecule has 0 aromatic heterocycles. The average Bonchev–Trinajstić information content (AvgIpc) is 2.57. The summed E-state index contributed by atoms with van der Waals surface area (Å²) < 4.78 is 29.2. The van der Waals surface area contributed by atoms with Crippen LogP contribution in [0.25, 0.3) is 0 Å².